The van der Waals surface area contributed by atoms with Crippen molar-refractivity contribution in [3.05, 3.63) is 78.9 Å². The zero-order chi connectivity index (χ0) is 22.6. The van der Waals surface area contributed by atoms with E-state index in [0.29, 0.717) is 25.4 Å². The molecule has 7 heteroatoms. The van der Waals surface area contributed by atoms with Crippen LogP contribution >= 0.6 is 0 Å². The van der Waals surface area contributed by atoms with Crippen LogP contribution in [-0.4, -0.2) is 47.9 Å². The number of aromatic nitrogens is 1. The Hall–Kier alpha value is -3.61. The molecule has 168 valence electrons. The van der Waals surface area contributed by atoms with E-state index in [0.717, 1.165) is 36.5 Å². The van der Waals surface area contributed by atoms with E-state index in [2.05, 4.69) is 21.9 Å². The fourth-order valence-electron chi connectivity index (χ4n) is 3.32. The summed E-state index contributed by atoms with van der Waals surface area (Å²) in [5.41, 5.74) is 1.69. The second-order valence-corrected chi connectivity index (χ2v) is 7.47. The highest BCUT2D eigenvalue weighted by molar-refractivity contribution is 5.76. The molecule has 1 aromatic heterocycles. The molecule has 2 heterocycles. The van der Waals surface area contributed by atoms with Crippen LogP contribution in [0.2, 0.25) is 0 Å². The molecule has 0 aliphatic carbocycles. The third kappa shape index (κ3) is 7.58. The number of benzene rings is 1. The van der Waals surface area contributed by atoms with Gasteiger partial charge in [-0.15, -0.1) is 0 Å². The van der Waals surface area contributed by atoms with E-state index in [4.69, 9.17) is 9.47 Å². The van der Waals surface area contributed by atoms with Crippen molar-refractivity contribution in [2.75, 3.05) is 19.7 Å². The minimum atomic E-state index is -0.116. The molecule has 1 aliphatic heterocycles. The first-order chi connectivity index (χ1) is 15.6. The van der Waals surface area contributed by atoms with Crippen molar-refractivity contribution in [3.63, 3.8) is 0 Å². The molecular formula is C25H30N4O3. The zero-order valence-electron chi connectivity index (χ0n) is 18.4. The maximum absolute atomic E-state index is 12.4. The van der Waals surface area contributed by atoms with Gasteiger partial charge < -0.3 is 19.7 Å². The molecule has 0 bridgehead atoms. The van der Waals surface area contributed by atoms with E-state index in [-0.39, 0.29) is 12.1 Å². The number of amides is 2. The standard InChI is InChI=1S/C25H30N4O3/c1-3-13-26-19-20(2)28-25(30)29-15-10-22(11-16-29)32-24-9-6-8-23(18-24)31-17-12-21-7-4-5-14-27-21/h3-9,13-14,18-19,22H,1,10-12,15-17H2,2H3,(H,28,30)/b20-19+,26-13-. The van der Waals surface area contributed by atoms with Crippen molar-refractivity contribution < 1.29 is 14.3 Å². The minimum Gasteiger partial charge on any atom is -0.493 e. The predicted molar refractivity (Wildman–Crippen MR) is 126 cm³/mol. The van der Waals surface area contributed by atoms with Crippen molar-refractivity contribution in [1.82, 2.24) is 15.2 Å². The molecule has 2 amide bonds. The highest BCUT2D eigenvalue weighted by Crippen LogP contribution is 2.23. The van der Waals surface area contributed by atoms with E-state index in [1.54, 1.807) is 36.5 Å². The van der Waals surface area contributed by atoms with Gasteiger partial charge in [0.15, 0.2) is 0 Å². The molecule has 0 unspecified atom stereocenters. The van der Waals surface area contributed by atoms with Crippen LogP contribution in [0.4, 0.5) is 4.79 Å². The van der Waals surface area contributed by atoms with E-state index < -0.39 is 0 Å². The number of piperidine rings is 1. The summed E-state index contributed by atoms with van der Waals surface area (Å²) in [5.74, 6) is 1.55. The van der Waals surface area contributed by atoms with Gasteiger partial charge in [0.2, 0.25) is 0 Å². The van der Waals surface area contributed by atoms with Gasteiger partial charge in [-0.1, -0.05) is 24.8 Å². The number of nitrogens with one attached hydrogen (secondary N) is 1. The lowest BCUT2D eigenvalue weighted by atomic mass is 10.1. The number of aliphatic imine (C=N–C) groups is 1. The molecule has 0 saturated carbocycles. The number of nitrogens with zero attached hydrogens (tertiary/aromatic N) is 3. The molecule has 32 heavy (non-hydrogen) atoms. The van der Waals surface area contributed by atoms with Gasteiger partial charge in [0.05, 0.1) is 6.61 Å². The Morgan fingerprint density at radius 2 is 2.06 bits per heavy atom. The lowest BCUT2D eigenvalue weighted by Crippen LogP contribution is -2.46. The number of carbonyl (C=O) groups is 1. The molecule has 0 atom stereocenters. The van der Waals surface area contributed by atoms with Crippen LogP contribution in [0, 0.1) is 0 Å². The third-order valence-electron chi connectivity index (χ3n) is 4.95. The monoisotopic (exact) mass is 434 g/mol. The first kappa shape index (κ1) is 23.1. The number of hydrogen-bond acceptors (Lipinski definition) is 5. The molecular weight excluding hydrogens is 404 g/mol. The summed E-state index contributed by atoms with van der Waals surface area (Å²) in [6.07, 6.45) is 8.90. The maximum Gasteiger partial charge on any atom is 0.321 e. The number of carbonyl (C=O) groups excluding carboxylic acids is 1. The number of likely N-dealkylation sites (tertiary alicyclic amines) is 1. The molecule has 1 aromatic carbocycles. The topological polar surface area (TPSA) is 76.1 Å². The molecule has 1 fully saturated rings. The number of ether oxygens (including phenoxy) is 2. The third-order valence-corrected chi connectivity index (χ3v) is 4.95. The molecule has 1 saturated heterocycles. The first-order valence-corrected chi connectivity index (χ1v) is 10.8. The average Bonchev–Trinajstić information content (AvgIpc) is 2.81. The Balaban J connectivity index is 1.42. The largest absolute Gasteiger partial charge is 0.493 e. The SMILES string of the molecule is C=C/C=N\C=C(/C)NC(=O)N1CCC(Oc2cccc(OCCc3ccccn3)c2)CC1. The molecule has 0 radical (unpaired) electrons. The molecule has 0 spiro atoms. The molecule has 7 nitrogen and oxygen atoms in total. The molecule has 3 rings (SSSR count). The van der Waals surface area contributed by atoms with Gasteiger partial charge in [-0.2, -0.15) is 0 Å². The number of rotatable bonds is 9. The van der Waals surface area contributed by atoms with Gasteiger partial charge in [-0.05, 0) is 31.2 Å². The van der Waals surface area contributed by atoms with Gasteiger partial charge >= 0.3 is 6.03 Å². The molecule has 2 aromatic rings. The van der Waals surface area contributed by atoms with Gasteiger partial charge in [-0.25, -0.2) is 4.79 Å². The van der Waals surface area contributed by atoms with Gasteiger partial charge in [0, 0.05) is 68.4 Å². The number of hydrogen-bond donors (Lipinski definition) is 1. The van der Waals surface area contributed by atoms with Crippen molar-refractivity contribution >= 4 is 12.2 Å². The Morgan fingerprint density at radius 3 is 2.81 bits per heavy atom. The normalized spacial score (nSPS) is 14.9. The summed E-state index contributed by atoms with van der Waals surface area (Å²) in [7, 11) is 0. The van der Waals surface area contributed by atoms with E-state index >= 15 is 0 Å². The Morgan fingerprint density at radius 1 is 1.25 bits per heavy atom. The van der Waals surface area contributed by atoms with Crippen LogP contribution in [0.1, 0.15) is 25.5 Å². The second kappa shape index (κ2) is 12.3. The summed E-state index contributed by atoms with van der Waals surface area (Å²) < 4.78 is 12.0. The first-order valence-electron chi connectivity index (χ1n) is 10.8. The summed E-state index contributed by atoms with van der Waals surface area (Å²) in [6.45, 7) is 7.20. The summed E-state index contributed by atoms with van der Waals surface area (Å²) >= 11 is 0. The van der Waals surface area contributed by atoms with E-state index in [1.165, 1.54) is 0 Å². The maximum atomic E-state index is 12.4. The highest BCUT2D eigenvalue weighted by Gasteiger charge is 2.24. The summed E-state index contributed by atoms with van der Waals surface area (Å²) in [6, 6.07) is 13.4. The quantitative estimate of drug-likeness (QED) is 0.595. The van der Waals surface area contributed by atoms with Crippen molar-refractivity contribution in [2.24, 2.45) is 4.99 Å². The van der Waals surface area contributed by atoms with Crippen molar-refractivity contribution in [3.8, 4) is 11.5 Å². The van der Waals surface area contributed by atoms with Crippen LogP contribution in [0.15, 0.2) is 78.2 Å². The Labute approximate surface area is 189 Å². The Bertz CT molecular complexity index is 935. The van der Waals surface area contributed by atoms with Crippen molar-refractivity contribution in [2.45, 2.75) is 32.3 Å². The van der Waals surface area contributed by atoms with Crippen LogP contribution < -0.4 is 14.8 Å². The van der Waals surface area contributed by atoms with Gasteiger partial charge in [0.1, 0.15) is 17.6 Å². The predicted octanol–water partition coefficient (Wildman–Crippen LogP) is 4.37. The van der Waals surface area contributed by atoms with Crippen LogP contribution in [0.25, 0.3) is 0 Å². The summed E-state index contributed by atoms with van der Waals surface area (Å²) in [4.78, 5) is 22.5. The molecule has 1 N–H and O–H groups in total. The van der Waals surface area contributed by atoms with Crippen LogP contribution in [-0.2, 0) is 6.42 Å². The zero-order valence-corrected chi connectivity index (χ0v) is 18.4. The van der Waals surface area contributed by atoms with Crippen molar-refractivity contribution in [1.29, 1.82) is 0 Å². The minimum absolute atomic E-state index is 0.0663. The number of urea groups is 1. The van der Waals surface area contributed by atoms with E-state index in [1.807, 2.05) is 42.5 Å². The summed E-state index contributed by atoms with van der Waals surface area (Å²) in [5, 5.41) is 2.85. The number of pyridine rings is 1. The number of allylic oxidation sites excluding steroid dienone is 2. The molecule has 1 aliphatic rings. The highest BCUT2D eigenvalue weighted by atomic mass is 16.5. The van der Waals surface area contributed by atoms with Gasteiger partial charge in [0.25, 0.3) is 0 Å². The lowest BCUT2D eigenvalue weighted by molar-refractivity contribution is 0.111. The van der Waals surface area contributed by atoms with Crippen LogP contribution in [0.5, 0.6) is 11.5 Å². The van der Waals surface area contributed by atoms with Gasteiger partial charge in [-0.3, -0.25) is 9.98 Å². The average molecular weight is 435 g/mol. The second-order valence-electron chi connectivity index (χ2n) is 7.47. The Kier molecular flexibility index (Phi) is 8.86. The fourth-order valence-corrected chi connectivity index (χ4v) is 3.32. The lowest BCUT2D eigenvalue weighted by Gasteiger charge is -2.32. The fraction of sp³-hybridized carbons (Fsp3) is 0.320. The van der Waals surface area contributed by atoms with E-state index in [9.17, 15) is 4.79 Å². The smallest absolute Gasteiger partial charge is 0.321 e. The van der Waals surface area contributed by atoms with Crippen LogP contribution in [0.3, 0.4) is 0 Å².